The Kier molecular flexibility index (Phi) is 5.30. The lowest BCUT2D eigenvalue weighted by Gasteiger charge is -2.12. The van der Waals surface area contributed by atoms with Gasteiger partial charge in [-0.3, -0.25) is 0 Å². The van der Waals surface area contributed by atoms with E-state index in [1.165, 1.54) is 6.07 Å². The van der Waals surface area contributed by atoms with E-state index in [1.807, 2.05) is 24.3 Å². The van der Waals surface area contributed by atoms with E-state index in [0.29, 0.717) is 5.69 Å². The number of nitrogens with zero attached hydrogens (tertiary/aromatic N) is 1. The van der Waals surface area contributed by atoms with Crippen LogP contribution in [0.5, 0.6) is 0 Å². The van der Waals surface area contributed by atoms with E-state index in [1.54, 1.807) is 26.0 Å². The molecule has 1 amide bonds. The highest BCUT2D eigenvalue weighted by Gasteiger charge is 2.11. The first-order valence-corrected chi connectivity index (χ1v) is 7.20. The molecule has 1 aromatic heterocycles. The van der Waals surface area contributed by atoms with Gasteiger partial charge in [-0.25, -0.2) is 14.6 Å². The van der Waals surface area contributed by atoms with E-state index < -0.39 is 12.1 Å². The van der Waals surface area contributed by atoms with Gasteiger partial charge in [0.1, 0.15) is 5.69 Å². The lowest BCUT2D eigenvalue weighted by Crippen LogP contribution is -2.26. The Balaban J connectivity index is 2.22. The van der Waals surface area contributed by atoms with Crippen LogP contribution in [0.25, 0.3) is 11.3 Å². The summed E-state index contributed by atoms with van der Waals surface area (Å²) in [6.45, 7) is 3.81. The number of nitrogens with one attached hydrogen (secondary N) is 1. The Labute approximate surface area is 134 Å². The summed E-state index contributed by atoms with van der Waals surface area (Å²) in [5.74, 6) is -1.08. The lowest BCUT2D eigenvalue weighted by molar-refractivity contribution is 0.0690. The largest absolute Gasteiger partial charge is 0.477 e. The molecule has 2 N–H and O–H groups in total. The molecule has 0 atom stereocenters. The van der Waals surface area contributed by atoms with Crippen molar-refractivity contribution in [2.45, 2.75) is 26.5 Å². The van der Waals surface area contributed by atoms with Crippen molar-refractivity contribution in [2.75, 3.05) is 0 Å². The molecule has 0 saturated carbocycles. The molecule has 0 aliphatic heterocycles. The summed E-state index contributed by atoms with van der Waals surface area (Å²) in [4.78, 5) is 26.8. The van der Waals surface area contributed by atoms with E-state index in [9.17, 15) is 9.59 Å². The molecular formula is C17H18N2O4. The SMILES string of the molecule is CC(C)OC(=O)NCc1ccccc1-c1cccc(C(=O)O)n1. The van der Waals surface area contributed by atoms with Crippen molar-refractivity contribution < 1.29 is 19.4 Å². The molecule has 6 heteroatoms. The number of carboxylic acid groups (broad SMARTS) is 1. The van der Waals surface area contributed by atoms with E-state index in [4.69, 9.17) is 9.84 Å². The van der Waals surface area contributed by atoms with Gasteiger partial charge in [0, 0.05) is 12.1 Å². The number of alkyl carbamates (subject to hydrolysis) is 1. The smallest absolute Gasteiger partial charge is 0.407 e. The van der Waals surface area contributed by atoms with E-state index in [0.717, 1.165) is 11.1 Å². The second-order valence-corrected chi connectivity index (χ2v) is 5.18. The van der Waals surface area contributed by atoms with Crippen LogP contribution in [0, 0.1) is 0 Å². The number of amides is 1. The molecule has 1 aromatic carbocycles. The highest BCUT2D eigenvalue weighted by atomic mass is 16.6. The highest BCUT2D eigenvalue weighted by molar-refractivity contribution is 5.86. The van der Waals surface area contributed by atoms with Crippen molar-refractivity contribution in [2.24, 2.45) is 0 Å². The minimum atomic E-state index is -1.08. The molecule has 23 heavy (non-hydrogen) atoms. The van der Waals surface area contributed by atoms with Crippen molar-refractivity contribution in [3.05, 3.63) is 53.7 Å². The Morgan fingerprint density at radius 3 is 2.61 bits per heavy atom. The summed E-state index contributed by atoms with van der Waals surface area (Å²) < 4.78 is 5.02. The third-order valence-corrected chi connectivity index (χ3v) is 3.03. The number of hydrogen-bond donors (Lipinski definition) is 2. The van der Waals surface area contributed by atoms with Crippen LogP contribution in [0.4, 0.5) is 4.79 Å². The van der Waals surface area contributed by atoms with Crippen LogP contribution in [0.1, 0.15) is 29.9 Å². The number of ether oxygens (including phenoxy) is 1. The molecule has 0 spiro atoms. The zero-order valence-electron chi connectivity index (χ0n) is 12.9. The first-order valence-electron chi connectivity index (χ1n) is 7.20. The predicted octanol–water partition coefficient (Wildman–Crippen LogP) is 3.08. The number of hydrogen-bond acceptors (Lipinski definition) is 4. The fourth-order valence-corrected chi connectivity index (χ4v) is 2.05. The lowest BCUT2D eigenvalue weighted by atomic mass is 10.0. The van der Waals surface area contributed by atoms with Gasteiger partial charge in [0.2, 0.25) is 0 Å². The molecule has 6 nitrogen and oxygen atoms in total. The van der Waals surface area contributed by atoms with Crippen molar-refractivity contribution in [3.63, 3.8) is 0 Å². The standard InChI is InChI=1S/C17H18N2O4/c1-11(2)23-17(22)18-10-12-6-3-4-7-13(12)14-8-5-9-15(19-14)16(20)21/h3-9,11H,10H2,1-2H3,(H,18,22)(H,20,21). The summed E-state index contributed by atoms with van der Waals surface area (Å²) in [5.41, 5.74) is 2.10. The molecule has 0 aliphatic carbocycles. The van der Waals surface area contributed by atoms with Gasteiger partial charge in [-0.15, -0.1) is 0 Å². The summed E-state index contributed by atoms with van der Waals surface area (Å²) in [7, 11) is 0. The second-order valence-electron chi connectivity index (χ2n) is 5.18. The Morgan fingerprint density at radius 2 is 1.91 bits per heavy atom. The van der Waals surface area contributed by atoms with Crippen molar-refractivity contribution in [1.82, 2.24) is 10.3 Å². The van der Waals surface area contributed by atoms with Gasteiger partial charge in [-0.2, -0.15) is 0 Å². The van der Waals surface area contributed by atoms with E-state index >= 15 is 0 Å². The number of rotatable bonds is 5. The minimum absolute atomic E-state index is 0.0236. The second kappa shape index (κ2) is 7.40. The maximum atomic E-state index is 11.6. The zero-order valence-corrected chi connectivity index (χ0v) is 12.9. The van der Waals surface area contributed by atoms with E-state index in [-0.39, 0.29) is 18.3 Å². The summed E-state index contributed by atoms with van der Waals surface area (Å²) in [5, 5.41) is 11.7. The number of carbonyl (C=O) groups is 2. The fourth-order valence-electron chi connectivity index (χ4n) is 2.05. The molecule has 2 aromatic rings. The summed E-state index contributed by atoms with van der Waals surface area (Å²) in [6, 6.07) is 12.2. The van der Waals surface area contributed by atoms with Crippen LogP contribution in [0.3, 0.4) is 0 Å². The molecule has 0 saturated heterocycles. The highest BCUT2D eigenvalue weighted by Crippen LogP contribution is 2.22. The van der Waals surface area contributed by atoms with Gasteiger partial charge >= 0.3 is 12.1 Å². The van der Waals surface area contributed by atoms with Gasteiger partial charge in [0.15, 0.2) is 0 Å². The molecule has 0 aliphatic rings. The third kappa shape index (κ3) is 4.54. The van der Waals surface area contributed by atoms with Crippen LogP contribution in [0.15, 0.2) is 42.5 Å². The molecule has 120 valence electrons. The monoisotopic (exact) mass is 314 g/mol. The molecule has 1 heterocycles. The Hall–Kier alpha value is -2.89. The number of benzene rings is 1. The Bertz CT molecular complexity index is 713. The van der Waals surface area contributed by atoms with Gasteiger partial charge in [-0.05, 0) is 31.5 Å². The van der Waals surface area contributed by atoms with Crippen molar-refractivity contribution >= 4 is 12.1 Å². The van der Waals surface area contributed by atoms with Gasteiger partial charge in [0.25, 0.3) is 0 Å². The van der Waals surface area contributed by atoms with Gasteiger partial charge in [0.05, 0.1) is 11.8 Å². The Morgan fingerprint density at radius 1 is 1.17 bits per heavy atom. The molecule has 2 rings (SSSR count). The average molecular weight is 314 g/mol. The number of aromatic carboxylic acids is 1. The fraction of sp³-hybridized carbons (Fsp3) is 0.235. The number of carbonyl (C=O) groups excluding carboxylic acids is 1. The quantitative estimate of drug-likeness (QED) is 0.885. The molecular weight excluding hydrogens is 296 g/mol. The molecule has 0 bridgehead atoms. The average Bonchev–Trinajstić information content (AvgIpc) is 2.52. The maximum absolute atomic E-state index is 11.6. The minimum Gasteiger partial charge on any atom is -0.477 e. The summed E-state index contributed by atoms with van der Waals surface area (Å²) >= 11 is 0. The topological polar surface area (TPSA) is 88.5 Å². The van der Waals surface area contributed by atoms with Crippen LogP contribution in [0.2, 0.25) is 0 Å². The number of aromatic nitrogens is 1. The van der Waals surface area contributed by atoms with E-state index in [2.05, 4.69) is 10.3 Å². The first kappa shape index (κ1) is 16.5. The molecule has 0 radical (unpaired) electrons. The number of pyridine rings is 1. The molecule has 0 unspecified atom stereocenters. The van der Waals surface area contributed by atoms with Crippen LogP contribution in [-0.2, 0) is 11.3 Å². The third-order valence-electron chi connectivity index (χ3n) is 3.03. The van der Waals surface area contributed by atoms with Crippen LogP contribution >= 0.6 is 0 Å². The summed E-state index contributed by atoms with van der Waals surface area (Å²) in [6.07, 6.45) is -0.693. The van der Waals surface area contributed by atoms with Crippen LogP contribution in [-0.4, -0.2) is 28.3 Å². The van der Waals surface area contributed by atoms with Crippen LogP contribution < -0.4 is 5.32 Å². The molecule has 0 fully saturated rings. The predicted molar refractivity (Wildman–Crippen MR) is 85.1 cm³/mol. The maximum Gasteiger partial charge on any atom is 0.407 e. The van der Waals surface area contributed by atoms with Gasteiger partial charge < -0.3 is 15.2 Å². The van der Waals surface area contributed by atoms with Crippen molar-refractivity contribution in [1.29, 1.82) is 0 Å². The van der Waals surface area contributed by atoms with Gasteiger partial charge in [-0.1, -0.05) is 30.3 Å². The number of carboxylic acids is 1. The zero-order chi connectivity index (χ0) is 16.8. The first-order chi connectivity index (χ1) is 11.0. The normalized spacial score (nSPS) is 10.4. The van der Waals surface area contributed by atoms with Crippen molar-refractivity contribution in [3.8, 4) is 11.3 Å².